The number of hydrogen-bond acceptors (Lipinski definition) is 2. The summed E-state index contributed by atoms with van der Waals surface area (Å²) in [5, 5.41) is 9.56. The number of aliphatic hydroxyl groups excluding tert-OH is 1. The van der Waals surface area contributed by atoms with Crippen molar-refractivity contribution in [3.8, 4) is 0 Å². The summed E-state index contributed by atoms with van der Waals surface area (Å²) < 4.78 is 26.1. The van der Waals surface area contributed by atoms with Crippen LogP contribution in [0.1, 0.15) is 51.9 Å². The van der Waals surface area contributed by atoms with Gasteiger partial charge in [-0.1, -0.05) is 0 Å². The number of halogens is 2. The highest BCUT2D eigenvalue weighted by Gasteiger charge is 2.35. The van der Waals surface area contributed by atoms with Gasteiger partial charge in [-0.3, -0.25) is 0 Å². The maximum absolute atomic E-state index is 13.0. The van der Waals surface area contributed by atoms with Crippen molar-refractivity contribution in [2.24, 2.45) is 5.92 Å². The van der Waals surface area contributed by atoms with Crippen LogP contribution in [0, 0.1) is 5.92 Å². The Bertz CT molecular complexity index is 263. The van der Waals surface area contributed by atoms with Gasteiger partial charge in [0.05, 0.1) is 6.10 Å². The Morgan fingerprint density at radius 2 is 1.89 bits per heavy atom. The highest BCUT2D eigenvalue weighted by Crippen LogP contribution is 2.37. The number of nitrogens with zero attached hydrogens (tertiary/aromatic N) is 1. The molecule has 1 aliphatic carbocycles. The maximum atomic E-state index is 13.0. The predicted molar refractivity (Wildman–Crippen MR) is 67.8 cm³/mol. The number of piperidine rings is 1. The first kappa shape index (κ1) is 14.2. The van der Waals surface area contributed by atoms with Crippen molar-refractivity contribution in [3.63, 3.8) is 0 Å². The molecular formula is C14H25F2NO. The lowest BCUT2D eigenvalue weighted by molar-refractivity contribution is -0.0482. The average molecular weight is 261 g/mol. The molecule has 2 atom stereocenters. The molecule has 0 radical (unpaired) electrons. The van der Waals surface area contributed by atoms with Crippen LogP contribution in [0.25, 0.3) is 0 Å². The van der Waals surface area contributed by atoms with Crippen molar-refractivity contribution < 1.29 is 13.9 Å². The lowest BCUT2D eigenvalue weighted by atomic mass is 9.84. The van der Waals surface area contributed by atoms with Crippen molar-refractivity contribution in [2.45, 2.75) is 69.9 Å². The first-order valence-electron chi connectivity index (χ1n) is 7.26. The Kier molecular flexibility index (Phi) is 4.59. The molecule has 1 aliphatic heterocycles. The second kappa shape index (κ2) is 5.83. The van der Waals surface area contributed by atoms with E-state index in [0.717, 1.165) is 32.4 Å². The topological polar surface area (TPSA) is 23.5 Å². The predicted octanol–water partition coefficient (Wildman–Crippen LogP) is 3.05. The number of hydrogen-bond donors (Lipinski definition) is 1. The zero-order valence-corrected chi connectivity index (χ0v) is 11.2. The molecule has 2 fully saturated rings. The summed E-state index contributed by atoms with van der Waals surface area (Å²) in [6, 6.07) is 0.429. The van der Waals surface area contributed by atoms with Crippen LogP contribution in [-0.4, -0.2) is 41.2 Å². The van der Waals surface area contributed by atoms with Crippen molar-refractivity contribution in [3.05, 3.63) is 0 Å². The van der Waals surface area contributed by atoms with Gasteiger partial charge in [-0.25, -0.2) is 8.78 Å². The fourth-order valence-corrected chi connectivity index (χ4v) is 3.27. The normalized spacial score (nSPS) is 34.7. The lowest BCUT2D eigenvalue weighted by Crippen LogP contribution is -2.43. The Hall–Kier alpha value is -0.220. The van der Waals surface area contributed by atoms with Gasteiger partial charge in [0.15, 0.2) is 0 Å². The third-order valence-electron chi connectivity index (χ3n) is 4.65. The van der Waals surface area contributed by atoms with E-state index in [1.165, 1.54) is 0 Å². The molecule has 0 bridgehead atoms. The van der Waals surface area contributed by atoms with Gasteiger partial charge < -0.3 is 10.0 Å². The van der Waals surface area contributed by atoms with Crippen LogP contribution >= 0.6 is 0 Å². The minimum Gasteiger partial charge on any atom is -0.393 e. The van der Waals surface area contributed by atoms with Crippen LogP contribution in [-0.2, 0) is 0 Å². The highest BCUT2D eigenvalue weighted by atomic mass is 19.3. The van der Waals surface area contributed by atoms with Crippen LogP contribution in [0.4, 0.5) is 8.78 Å². The van der Waals surface area contributed by atoms with Gasteiger partial charge in [0, 0.05) is 25.4 Å². The van der Waals surface area contributed by atoms with E-state index in [1.807, 2.05) is 0 Å². The van der Waals surface area contributed by atoms with Gasteiger partial charge >= 0.3 is 0 Å². The highest BCUT2D eigenvalue weighted by molar-refractivity contribution is 4.81. The van der Waals surface area contributed by atoms with Gasteiger partial charge in [0.1, 0.15) is 0 Å². The average Bonchev–Trinajstić information content (AvgIpc) is 2.29. The Balaban J connectivity index is 1.69. The maximum Gasteiger partial charge on any atom is 0.248 e. The summed E-state index contributed by atoms with van der Waals surface area (Å²) in [5.41, 5.74) is 0. The van der Waals surface area contributed by atoms with E-state index in [4.69, 9.17) is 0 Å². The molecule has 0 aromatic carbocycles. The van der Waals surface area contributed by atoms with Gasteiger partial charge in [-0.05, 0) is 51.5 Å². The molecule has 2 rings (SSSR count). The molecule has 18 heavy (non-hydrogen) atoms. The van der Waals surface area contributed by atoms with Crippen LogP contribution in [0.3, 0.4) is 0 Å². The zero-order chi connectivity index (χ0) is 13.2. The summed E-state index contributed by atoms with van der Waals surface area (Å²) in [6.07, 6.45) is 4.10. The Labute approximate surface area is 108 Å². The fraction of sp³-hybridized carbons (Fsp3) is 1.00. The van der Waals surface area contributed by atoms with E-state index in [1.54, 1.807) is 0 Å². The van der Waals surface area contributed by atoms with Crippen LogP contribution in [0.5, 0.6) is 0 Å². The fourth-order valence-electron chi connectivity index (χ4n) is 3.27. The molecule has 0 spiro atoms. The molecule has 106 valence electrons. The summed E-state index contributed by atoms with van der Waals surface area (Å²) in [5.74, 6) is -1.93. The summed E-state index contributed by atoms with van der Waals surface area (Å²) in [4.78, 5) is 2.40. The molecule has 0 aromatic rings. The van der Waals surface area contributed by atoms with Crippen LogP contribution in [0.15, 0.2) is 0 Å². The van der Waals surface area contributed by atoms with Crippen molar-refractivity contribution in [2.75, 3.05) is 13.1 Å². The standard InChI is InChI=1S/C14H25F2NO/c1-11-10-13(18)5-9-17(11)8-4-12-2-6-14(15,16)7-3-12/h11-13,18H,2-10H2,1H3. The number of aliphatic hydroxyl groups is 1. The monoisotopic (exact) mass is 261 g/mol. The number of likely N-dealkylation sites (tertiary alicyclic amines) is 1. The third kappa shape index (κ3) is 3.89. The zero-order valence-electron chi connectivity index (χ0n) is 11.2. The van der Waals surface area contributed by atoms with Gasteiger partial charge in [-0.15, -0.1) is 0 Å². The molecule has 1 N–H and O–H groups in total. The van der Waals surface area contributed by atoms with Crippen molar-refractivity contribution >= 4 is 0 Å². The molecule has 1 heterocycles. The number of rotatable bonds is 3. The summed E-state index contributed by atoms with van der Waals surface area (Å²) >= 11 is 0. The van der Waals surface area contributed by atoms with E-state index in [9.17, 15) is 13.9 Å². The largest absolute Gasteiger partial charge is 0.393 e. The molecular weight excluding hydrogens is 236 g/mol. The van der Waals surface area contributed by atoms with Crippen molar-refractivity contribution in [1.82, 2.24) is 4.90 Å². The molecule has 0 amide bonds. The van der Waals surface area contributed by atoms with E-state index < -0.39 is 5.92 Å². The van der Waals surface area contributed by atoms with E-state index in [-0.39, 0.29) is 18.9 Å². The Morgan fingerprint density at radius 1 is 1.22 bits per heavy atom. The Morgan fingerprint density at radius 3 is 2.50 bits per heavy atom. The minimum atomic E-state index is -2.40. The quantitative estimate of drug-likeness (QED) is 0.844. The molecule has 2 unspecified atom stereocenters. The first-order valence-corrected chi connectivity index (χ1v) is 7.26. The molecule has 1 saturated carbocycles. The molecule has 2 nitrogen and oxygen atoms in total. The summed E-state index contributed by atoms with van der Waals surface area (Å²) in [7, 11) is 0. The lowest BCUT2D eigenvalue weighted by Gasteiger charge is -2.37. The smallest absolute Gasteiger partial charge is 0.248 e. The van der Waals surface area contributed by atoms with Gasteiger partial charge in [0.2, 0.25) is 5.92 Å². The molecule has 1 saturated heterocycles. The van der Waals surface area contributed by atoms with Crippen molar-refractivity contribution in [1.29, 1.82) is 0 Å². The van der Waals surface area contributed by atoms with E-state index in [0.29, 0.717) is 24.8 Å². The van der Waals surface area contributed by atoms with Crippen LogP contribution in [0.2, 0.25) is 0 Å². The molecule has 2 aliphatic rings. The van der Waals surface area contributed by atoms with E-state index >= 15 is 0 Å². The van der Waals surface area contributed by atoms with E-state index in [2.05, 4.69) is 11.8 Å². The minimum absolute atomic E-state index is 0.0753. The third-order valence-corrected chi connectivity index (χ3v) is 4.65. The number of alkyl halides is 2. The van der Waals surface area contributed by atoms with Gasteiger partial charge in [0.25, 0.3) is 0 Å². The van der Waals surface area contributed by atoms with Crippen LogP contribution < -0.4 is 0 Å². The summed E-state index contributed by atoms with van der Waals surface area (Å²) in [6.45, 7) is 4.10. The van der Waals surface area contributed by atoms with Gasteiger partial charge in [-0.2, -0.15) is 0 Å². The molecule has 0 aromatic heterocycles. The second-order valence-corrected chi connectivity index (χ2v) is 6.15. The molecule has 4 heteroatoms. The SMILES string of the molecule is CC1CC(O)CCN1CCC1CCC(F)(F)CC1. The second-order valence-electron chi connectivity index (χ2n) is 6.15. The first-order chi connectivity index (χ1) is 8.46.